The topological polar surface area (TPSA) is 18.5 Å². The minimum atomic E-state index is -1.52. The Kier molecular flexibility index (Phi) is 6.46. The normalized spacial score (nSPS) is 18.1. The third-order valence-corrected chi connectivity index (χ3v) is 5.22. The SMILES string of the molecule is C#CC1COC(CCc2ccc(C#Cc3ccc4c(F)c(F)c(F)cc4c3)c(F)c2)OC1. The number of fused-ring (bicyclic) bond motifs is 1. The summed E-state index contributed by atoms with van der Waals surface area (Å²) in [5.41, 5.74) is 1.38. The van der Waals surface area contributed by atoms with E-state index in [1.54, 1.807) is 12.1 Å². The van der Waals surface area contributed by atoms with E-state index in [0.717, 1.165) is 11.6 Å². The second-order valence-corrected chi connectivity index (χ2v) is 7.48. The van der Waals surface area contributed by atoms with Crippen LogP contribution in [0, 0.1) is 53.4 Å². The molecule has 1 fully saturated rings. The largest absolute Gasteiger partial charge is 0.351 e. The molecule has 1 aliphatic rings. The number of hydrogen-bond donors (Lipinski definition) is 0. The molecule has 1 aliphatic heterocycles. The Morgan fingerprint density at radius 2 is 1.66 bits per heavy atom. The van der Waals surface area contributed by atoms with Crippen LogP contribution in [0.5, 0.6) is 0 Å². The number of halogens is 4. The van der Waals surface area contributed by atoms with E-state index < -0.39 is 23.3 Å². The highest BCUT2D eigenvalue weighted by Gasteiger charge is 2.20. The molecule has 0 atom stereocenters. The number of benzene rings is 3. The Balaban J connectivity index is 1.44. The molecule has 0 spiro atoms. The maximum Gasteiger partial charge on any atom is 0.195 e. The predicted molar refractivity (Wildman–Crippen MR) is 113 cm³/mol. The van der Waals surface area contributed by atoms with Gasteiger partial charge in [-0.25, -0.2) is 17.6 Å². The molecule has 32 heavy (non-hydrogen) atoms. The molecule has 0 amide bonds. The lowest BCUT2D eigenvalue weighted by atomic mass is 10.0. The molecule has 6 heteroatoms. The van der Waals surface area contributed by atoms with Crippen molar-refractivity contribution in [3.05, 3.63) is 82.4 Å². The Morgan fingerprint density at radius 1 is 0.875 bits per heavy atom. The highest BCUT2D eigenvalue weighted by Crippen LogP contribution is 2.24. The summed E-state index contributed by atoms with van der Waals surface area (Å²) in [6.07, 6.45) is 6.12. The number of hydrogen-bond acceptors (Lipinski definition) is 2. The van der Waals surface area contributed by atoms with Gasteiger partial charge in [-0.15, -0.1) is 6.42 Å². The summed E-state index contributed by atoms with van der Waals surface area (Å²) in [4.78, 5) is 0. The van der Waals surface area contributed by atoms with Crippen LogP contribution in [0.3, 0.4) is 0 Å². The fourth-order valence-electron chi connectivity index (χ4n) is 3.43. The first-order chi connectivity index (χ1) is 15.4. The van der Waals surface area contributed by atoms with E-state index in [-0.39, 0.29) is 28.5 Å². The molecule has 0 aromatic heterocycles. The molecule has 0 N–H and O–H groups in total. The number of rotatable bonds is 3. The van der Waals surface area contributed by atoms with Crippen molar-refractivity contribution < 1.29 is 27.0 Å². The number of aryl methyl sites for hydroxylation is 1. The van der Waals surface area contributed by atoms with Crippen molar-refractivity contribution in [2.75, 3.05) is 13.2 Å². The summed E-state index contributed by atoms with van der Waals surface area (Å²) in [5, 5.41) is 0.121. The Bertz CT molecular complexity index is 1260. The lowest BCUT2D eigenvalue weighted by Gasteiger charge is -2.26. The maximum atomic E-state index is 14.5. The van der Waals surface area contributed by atoms with Crippen LogP contribution in [0.4, 0.5) is 17.6 Å². The first-order valence-electron chi connectivity index (χ1n) is 10.0. The van der Waals surface area contributed by atoms with Crippen LogP contribution in [-0.2, 0) is 15.9 Å². The monoisotopic (exact) mass is 438 g/mol. The molecule has 4 rings (SSSR count). The van der Waals surface area contributed by atoms with Crippen LogP contribution >= 0.6 is 0 Å². The second kappa shape index (κ2) is 9.44. The molecule has 2 nitrogen and oxygen atoms in total. The first kappa shape index (κ1) is 21.9. The summed E-state index contributed by atoms with van der Waals surface area (Å²) in [5.74, 6) is 3.53. The van der Waals surface area contributed by atoms with Gasteiger partial charge in [-0.2, -0.15) is 0 Å². The van der Waals surface area contributed by atoms with Crippen molar-refractivity contribution in [3.8, 4) is 24.2 Å². The number of ether oxygens (including phenoxy) is 2. The van der Waals surface area contributed by atoms with Gasteiger partial charge in [0.25, 0.3) is 0 Å². The van der Waals surface area contributed by atoms with E-state index >= 15 is 0 Å². The Morgan fingerprint density at radius 3 is 2.38 bits per heavy atom. The summed E-state index contributed by atoms with van der Waals surface area (Å²) in [6.45, 7) is 0.903. The van der Waals surface area contributed by atoms with Gasteiger partial charge in [0.2, 0.25) is 0 Å². The third-order valence-electron chi connectivity index (χ3n) is 5.22. The molecule has 0 unspecified atom stereocenters. The average molecular weight is 438 g/mol. The van der Waals surface area contributed by atoms with Crippen molar-refractivity contribution in [1.29, 1.82) is 0 Å². The van der Waals surface area contributed by atoms with Crippen LogP contribution in [0.2, 0.25) is 0 Å². The minimum absolute atomic E-state index is 0.0385. The Labute approximate surface area is 183 Å². The quantitative estimate of drug-likeness (QED) is 0.312. The molecule has 1 saturated heterocycles. The zero-order chi connectivity index (χ0) is 22.7. The second-order valence-electron chi connectivity index (χ2n) is 7.48. The highest BCUT2D eigenvalue weighted by molar-refractivity contribution is 5.84. The van der Waals surface area contributed by atoms with E-state index in [9.17, 15) is 17.6 Å². The van der Waals surface area contributed by atoms with Crippen LogP contribution in [0.15, 0.2) is 42.5 Å². The van der Waals surface area contributed by atoms with Crippen molar-refractivity contribution in [2.45, 2.75) is 19.1 Å². The van der Waals surface area contributed by atoms with Crippen LogP contribution in [0.25, 0.3) is 10.8 Å². The summed E-state index contributed by atoms with van der Waals surface area (Å²) < 4.78 is 66.2. The van der Waals surface area contributed by atoms with E-state index in [0.29, 0.717) is 31.6 Å². The fourth-order valence-corrected chi connectivity index (χ4v) is 3.43. The van der Waals surface area contributed by atoms with Crippen LogP contribution in [0.1, 0.15) is 23.1 Å². The molecule has 3 aromatic rings. The van der Waals surface area contributed by atoms with E-state index in [4.69, 9.17) is 15.9 Å². The molecule has 0 bridgehead atoms. The zero-order valence-electron chi connectivity index (χ0n) is 16.9. The third kappa shape index (κ3) is 4.78. The maximum absolute atomic E-state index is 14.5. The van der Waals surface area contributed by atoms with Crippen molar-refractivity contribution >= 4 is 10.8 Å². The van der Waals surface area contributed by atoms with Gasteiger partial charge in [0.15, 0.2) is 23.7 Å². The lowest BCUT2D eigenvalue weighted by Crippen LogP contribution is -2.31. The van der Waals surface area contributed by atoms with Crippen LogP contribution in [-0.4, -0.2) is 19.5 Å². The van der Waals surface area contributed by atoms with Gasteiger partial charge < -0.3 is 9.47 Å². The van der Waals surface area contributed by atoms with Crippen molar-refractivity contribution in [3.63, 3.8) is 0 Å². The molecule has 162 valence electrons. The molecule has 1 heterocycles. The molecule has 0 radical (unpaired) electrons. The Hall–Kier alpha value is -3.32. The molecule has 0 saturated carbocycles. The number of terminal acetylenes is 1. The smallest absolute Gasteiger partial charge is 0.195 e. The summed E-state index contributed by atoms with van der Waals surface area (Å²) in [6, 6.07) is 9.87. The molecular formula is C26H18F4O2. The van der Waals surface area contributed by atoms with E-state index in [1.807, 2.05) is 0 Å². The van der Waals surface area contributed by atoms with Gasteiger partial charge in [0, 0.05) is 17.4 Å². The molecule has 0 aliphatic carbocycles. The van der Waals surface area contributed by atoms with Gasteiger partial charge in [0.05, 0.1) is 24.7 Å². The zero-order valence-corrected chi connectivity index (χ0v) is 16.9. The fraction of sp³-hybridized carbons (Fsp3) is 0.231. The van der Waals surface area contributed by atoms with Crippen molar-refractivity contribution in [1.82, 2.24) is 0 Å². The summed E-state index contributed by atoms with van der Waals surface area (Å²) in [7, 11) is 0. The molecular weight excluding hydrogens is 420 g/mol. The first-order valence-corrected chi connectivity index (χ1v) is 10.0. The van der Waals surface area contributed by atoms with Gasteiger partial charge in [-0.1, -0.05) is 29.9 Å². The van der Waals surface area contributed by atoms with Crippen LogP contribution < -0.4 is 0 Å². The average Bonchev–Trinajstić information content (AvgIpc) is 2.81. The van der Waals surface area contributed by atoms with Crippen molar-refractivity contribution in [2.24, 2.45) is 5.92 Å². The van der Waals surface area contributed by atoms with Gasteiger partial charge in [0.1, 0.15) is 5.82 Å². The van der Waals surface area contributed by atoms with E-state index in [2.05, 4.69) is 17.8 Å². The van der Waals surface area contributed by atoms with E-state index in [1.165, 1.54) is 24.3 Å². The van der Waals surface area contributed by atoms with Gasteiger partial charge in [-0.05, 0) is 47.7 Å². The highest BCUT2D eigenvalue weighted by atomic mass is 19.2. The predicted octanol–water partition coefficient (Wildman–Crippen LogP) is 5.35. The van der Waals surface area contributed by atoms with Gasteiger partial charge >= 0.3 is 0 Å². The minimum Gasteiger partial charge on any atom is -0.351 e. The molecule has 3 aromatic carbocycles. The standard InChI is InChI=1S/C26H18F4O2/c1-2-16-14-31-24(32-15-16)10-6-18-4-8-19(22(27)12-18)7-3-17-5-9-21-20(11-17)13-23(28)26(30)25(21)29/h1,4-5,8-9,11-13,16,24H,6,10,14-15H2. The lowest BCUT2D eigenvalue weighted by molar-refractivity contribution is -0.193. The summed E-state index contributed by atoms with van der Waals surface area (Å²) >= 11 is 0. The van der Waals surface area contributed by atoms with Gasteiger partial charge in [-0.3, -0.25) is 0 Å².